The Bertz CT molecular complexity index is 301. The quantitative estimate of drug-likeness (QED) is 0.602. The molecule has 0 aliphatic carbocycles. The first-order valence-corrected chi connectivity index (χ1v) is 3.18. The van der Waals surface area contributed by atoms with E-state index in [-0.39, 0.29) is 0 Å². The lowest BCUT2D eigenvalue weighted by Crippen LogP contribution is -1.91. The summed E-state index contributed by atoms with van der Waals surface area (Å²) in [6.45, 7) is 1.90. The topological polar surface area (TPSA) is 45.9 Å². The number of aromatic nitrogens is 1. The van der Waals surface area contributed by atoms with E-state index in [1.54, 1.807) is 12.3 Å². The minimum atomic E-state index is 0.332. The second-order valence-electron chi connectivity index (χ2n) is 2.18. The van der Waals surface area contributed by atoms with Crippen LogP contribution in [-0.2, 0) is 0 Å². The molecule has 1 aromatic heterocycles. The Labute approximate surface area is 65.3 Å². The van der Waals surface area contributed by atoms with E-state index in [1.165, 1.54) is 7.11 Å². The molecule has 0 saturated carbocycles. The zero-order chi connectivity index (χ0) is 8.27. The fourth-order valence-corrected chi connectivity index (χ4v) is 0.782. The summed E-state index contributed by atoms with van der Waals surface area (Å²) in [6, 6.07) is 3.72. The van der Waals surface area contributed by atoms with Gasteiger partial charge in [-0.05, 0) is 18.6 Å². The van der Waals surface area contributed by atoms with Gasteiger partial charge < -0.3 is 4.74 Å². The van der Waals surface area contributed by atoms with Crippen molar-refractivity contribution in [3.63, 3.8) is 0 Å². The van der Waals surface area contributed by atoms with Gasteiger partial charge in [-0.1, -0.05) is 0 Å². The maximum Gasteiger partial charge on any atom is 0.182 e. The van der Waals surface area contributed by atoms with Crippen molar-refractivity contribution in [3.05, 3.63) is 23.5 Å². The molecule has 0 radical (unpaired) electrons. The van der Waals surface area contributed by atoms with Crippen LogP contribution in [0.4, 0.5) is 0 Å². The first-order chi connectivity index (χ1) is 5.27. The Morgan fingerprint density at radius 2 is 2.36 bits per heavy atom. The van der Waals surface area contributed by atoms with Crippen molar-refractivity contribution in [1.82, 2.24) is 4.98 Å². The van der Waals surface area contributed by atoms with Gasteiger partial charge in [-0.25, -0.2) is 4.98 Å². The number of hydrogen-bond donors (Lipinski definition) is 0. The zero-order valence-corrected chi connectivity index (χ0v) is 6.46. The first kappa shape index (κ1) is 7.55. The van der Waals surface area contributed by atoms with Crippen LogP contribution < -0.4 is 4.74 Å². The summed E-state index contributed by atoms with van der Waals surface area (Å²) < 4.78 is 4.93. The van der Waals surface area contributed by atoms with Crippen molar-refractivity contribution in [2.75, 3.05) is 7.11 Å². The molecule has 0 saturated heterocycles. The highest BCUT2D eigenvalue weighted by atomic mass is 16.5. The van der Waals surface area contributed by atoms with E-state index in [1.807, 2.05) is 13.0 Å². The summed E-state index contributed by atoms with van der Waals surface area (Å²) in [5, 5.41) is 8.55. The van der Waals surface area contributed by atoms with Gasteiger partial charge in [0.15, 0.2) is 11.4 Å². The summed E-state index contributed by atoms with van der Waals surface area (Å²) in [5.74, 6) is 0.535. The normalized spacial score (nSPS) is 8.82. The molecule has 0 atom stereocenters. The van der Waals surface area contributed by atoms with Crippen molar-refractivity contribution >= 4 is 0 Å². The lowest BCUT2D eigenvalue weighted by atomic mass is 10.2. The van der Waals surface area contributed by atoms with E-state index >= 15 is 0 Å². The number of pyridine rings is 1. The summed E-state index contributed by atoms with van der Waals surface area (Å²) in [6.07, 6.45) is 1.64. The number of nitriles is 1. The minimum Gasteiger partial charge on any atom is -0.494 e. The lowest BCUT2D eigenvalue weighted by molar-refractivity contribution is 0.411. The SMILES string of the molecule is COc1cc(C)cnc1C#N. The Kier molecular flexibility index (Phi) is 2.07. The Balaban J connectivity index is 3.19. The summed E-state index contributed by atoms with van der Waals surface area (Å²) in [7, 11) is 1.53. The fraction of sp³-hybridized carbons (Fsp3) is 0.250. The third-order valence-corrected chi connectivity index (χ3v) is 1.32. The Hall–Kier alpha value is -1.56. The molecule has 0 amide bonds. The van der Waals surface area contributed by atoms with Gasteiger partial charge in [0.05, 0.1) is 7.11 Å². The molecule has 0 N–H and O–H groups in total. The van der Waals surface area contributed by atoms with Gasteiger partial charge in [0.25, 0.3) is 0 Å². The van der Waals surface area contributed by atoms with Gasteiger partial charge in [0, 0.05) is 6.20 Å². The molecule has 1 rings (SSSR count). The molecular weight excluding hydrogens is 140 g/mol. The van der Waals surface area contributed by atoms with Gasteiger partial charge in [-0.3, -0.25) is 0 Å². The molecule has 0 aromatic carbocycles. The molecule has 0 spiro atoms. The Morgan fingerprint density at radius 3 is 2.91 bits per heavy atom. The molecule has 1 aromatic rings. The van der Waals surface area contributed by atoms with E-state index in [2.05, 4.69) is 4.98 Å². The molecular formula is C8H8N2O. The van der Waals surface area contributed by atoms with Crippen molar-refractivity contribution in [1.29, 1.82) is 5.26 Å². The molecule has 56 valence electrons. The van der Waals surface area contributed by atoms with E-state index in [0.29, 0.717) is 11.4 Å². The predicted octanol–water partition coefficient (Wildman–Crippen LogP) is 1.27. The maximum absolute atomic E-state index is 8.55. The second-order valence-corrected chi connectivity index (χ2v) is 2.18. The predicted molar refractivity (Wildman–Crippen MR) is 40.2 cm³/mol. The number of hydrogen-bond acceptors (Lipinski definition) is 3. The first-order valence-electron chi connectivity index (χ1n) is 3.18. The number of ether oxygens (including phenoxy) is 1. The van der Waals surface area contributed by atoms with Crippen LogP contribution in [0.25, 0.3) is 0 Å². The number of methoxy groups -OCH3 is 1. The summed E-state index contributed by atoms with van der Waals surface area (Å²) >= 11 is 0. The van der Waals surface area contributed by atoms with Gasteiger partial charge in [0.1, 0.15) is 6.07 Å². The van der Waals surface area contributed by atoms with Crippen LogP contribution in [0.3, 0.4) is 0 Å². The number of nitrogens with zero attached hydrogens (tertiary/aromatic N) is 2. The molecule has 0 unspecified atom stereocenters. The summed E-state index contributed by atoms with van der Waals surface area (Å²) in [5.41, 5.74) is 1.32. The average molecular weight is 148 g/mol. The van der Waals surface area contributed by atoms with E-state index in [4.69, 9.17) is 10.00 Å². The molecule has 0 aliphatic heterocycles. The van der Waals surface area contributed by atoms with E-state index in [9.17, 15) is 0 Å². The van der Waals surface area contributed by atoms with Crippen LogP contribution in [0.5, 0.6) is 5.75 Å². The van der Waals surface area contributed by atoms with E-state index < -0.39 is 0 Å². The average Bonchev–Trinajstić information content (AvgIpc) is 2.04. The molecule has 0 aliphatic rings. The van der Waals surface area contributed by atoms with Gasteiger partial charge in [-0.15, -0.1) is 0 Å². The molecule has 1 heterocycles. The van der Waals surface area contributed by atoms with Gasteiger partial charge in [-0.2, -0.15) is 5.26 Å². The molecule has 0 fully saturated rings. The van der Waals surface area contributed by atoms with Crippen molar-refractivity contribution < 1.29 is 4.74 Å². The van der Waals surface area contributed by atoms with Gasteiger partial charge in [0.2, 0.25) is 0 Å². The van der Waals surface area contributed by atoms with Crippen molar-refractivity contribution in [2.45, 2.75) is 6.92 Å². The van der Waals surface area contributed by atoms with Crippen LogP contribution in [0, 0.1) is 18.3 Å². The standard InChI is InChI=1S/C8H8N2O/c1-6-3-8(11-2)7(4-9)10-5-6/h3,5H,1-2H3. The number of aryl methyl sites for hydroxylation is 1. The van der Waals surface area contributed by atoms with Crippen LogP contribution in [0.15, 0.2) is 12.3 Å². The molecule has 11 heavy (non-hydrogen) atoms. The van der Waals surface area contributed by atoms with Gasteiger partial charge >= 0.3 is 0 Å². The van der Waals surface area contributed by atoms with Crippen LogP contribution in [0.1, 0.15) is 11.3 Å². The highest BCUT2D eigenvalue weighted by Crippen LogP contribution is 2.15. The van der Waals surface area contributed by atoms with Crippen LogP contribution >= 0.6 is 0 Å². The Morgan fingerprint density at radius 1 is 1.64 bits per heavy atom. The monoisotopic (exact) mass is 148 g/mol. The molecule has 0 bridgehead atoms. The highest BCUT2D eigenvalue weighted by Gasteiger charge is 2.01. The third-order valence-electron chi connectivity index (χ3n) is 1.32. The largest absolute Gasteiger partial charge is 0.494 e. The van der Waals surface area contributed by atoms with Crippen LogP contribution in [0.2, 0.25) is 0 Å². The second kappa shape index (κ2) is 3.02. The smallest absolute Gasteiger partial charge is 0.182 e. The maximum atomic E-state index is 8.55. The third kappa shape index (κ3) is 1.47. The van der Waals surface area contributed by atoms with Crippen molar-refractivity contribution in [3.8, 4) is 11.8 Å². The minimum absolute atomic E-state index is 0.332. The summed E-state index contributed by atoms with van der Waals surface area (Å²) in [4.78, 5) is 3.88. The zero-order valence-electron chi connectivity index (χ0n) is 6.46. The van der Waals surface area contributed by atoms with E-state index in [0.717, 1.165) is 5.56 Å². The lowest BCUT2D eigenvalue weighted by Gasteiger charge is -2.00. The molecule has 3 heteroatoms. The highest BCUT2D eigenvalue weighted by molar-refractivity contribution is 5.38. The fourth-order valence-electron chi connectivity index (χ4n) is 0.782. The van der Waals surface area contributed by atoms with Crippen molar-refractivity contribution in [2.24, 2.45) is 0 Å². The molecule has 3 nitrogen and oxygen atoms in total. The van der Waals surface area contributed by atoms with Crippen LogP contribution in [-0.4, -0.2) is 12.1 Å². The number of rotatable bonds is 1.